The smallest absolute Gasteiger partial charge is 0.550 e. The van der Waals surface area contributed by atoms with Crippen LogP contribution in [0.1, 0.15) is 12.8 Å². The van der Waals surface area contributed by atoms with Crippen LogP contribution >= 0.6 is 0 Å². The number of hydrogen-bond acceptors (Lipinski definition) is 4. The van der Waals surface area contributed by atoms with E-state index in [4.69, 9.17) is 0 Å². The van der Waals surface area contributed by atoms with E-state index < -0.39 is 11.9 Å². The fraction of sp³-hybridized carbons (Fsp3) is 0.250. The minimum atomic E-state index is -1.27. The van der Waals surface area contributed by atoms with Crippen molar-refractivity contribution in [2.75, 3.05) is 0 Å². The van der Waals surface area contributed by atoms with Gasteiger partial charge >= 0.3 is 37.7 Å². The van der Waals surface area contributed by atoms with Crippen LogP contribution in [0.25, 0.3) is 0 Å². The number of carboxylic acids is 2. The monoisotopic (exact) mass is 246 g/mol. The third kappa shape index (κ3) is 31.7. The summed E-state index contributed by atoms with van der Waals surface area (Å²) in [6.07, 6.45) is 1.39. The molecule has 0 aliphatic heterocycles. The van der Waals surface area contributed by atoms with Gasteiger partial charge in [-0.15, -0.1) is 0 Å². The summed E-state index contributed by atoms with van der Waals surface area (Å²) in [6, 6.07) is 0. The van der Waals surface area contributed by atoms with Crippen LogP contribution in [-0.2, 0) is 9.59 Å². The van der Waals surface area contributed by atoms with Crippen molar-refractivity contribution in [3.8, 4) is 0 Å². The maximum Gasteiger partial charge on any atom is 2.00 e. The molecule has 0 atom stereocenters. The molecule has 0 bridgehead atoms. The third-order valence-corrected chi connectivity index (χ3v) is 0.747. The Kier molecular flexibility index (Phi) is 21.3. The first-order valence-electron chi connectivity index (χ1n) is 3.44. The second-order valence-electron chi connectivity index (χ2n) is 1.88. The predicted molar refractivity (Wildman–Crippen MR) is 45.5 cm³/mol. The van der Waals surface area contributed by atoms with Gasteiger partial charge in [-0.3, -0.25) is 0 Å². The maximum absolute atomic E-state index is 10.9. The molecule has 0 spiro atoms. The Morgan fingerprint density at radius 1 is 0.933 bits per heavy atom. The Morgan fingerprint density at radius 3 is 1.27 bits per heavy atom. The first kappa shape index (κ1) is 20.0. The van der Waals surface area contributed by atoms with Gasteiger partial charge in [-0.1, -0.05) is 12.2 Å². The number of carbonyl (C=O) groups is 2. The molecule has 0 saturated heterocycles. The van der Waals surface area contributed by atoms with E-state index in [9.17, 15) is 28.6 Å². The van der Waals surface area contributed by atoms with Crippen molar-refractivity contribution in [3.05, 3.63) is 24.8 Å². The molecule has 0 aromatic carbocycles. The number of aliphatic carboxylic acids is 2. The molecule has 0 aromatic heterocycles. The average Bonchev–Trinajstić information content (AvgIpc) is 2.12. The number of hydrogen-bond donors (Lipinski definition) is 0. The molecule has 0 aromatic rings. The molecule has 7 heteroatoms. The second kappa shape index (κ2) is 16.0. The van der Waals surface area contributed by atoms with Crippen LogP contribution in [0.5, 0.6) is 0 Å². The molecule has 0 heterocycles. The number of carbonyl (C=O) groups excluding carboxylic acids is 2. The van der Waals surface area contributed by atoms with E-state index in [0.717, 1.165) is 12.2 Å². The van der Waals surface area contributed by atoms with Crippen molar-refractivity contribution in [1.82, 2.24) is 0 Å². The first-order valence-corrected chi connectivity index (χ1v) is 3.44. The van der Waals surface area contributed by atoms with Gasteiger partial charge in [-0.05, 0) is 0 Å². The molecule has 0 fully saturated rings. The van der Waals surface area contributed by atoms with Crippen LogP contribution in [0.2, 0.25) is 0 Å². The van der Waals surface area contributed by atoms with E-state index in [1.165, 1.54) is 0 Å². The molecule has 0 aliphatic rings. The van der Waals surface area contributed by atoms with Crippen LogP contribution in [0, 0.1) is 0 Å². The van der Waals surface area contributed by atoms with Gasteiger partial charge < -0.3 is 19.8 Å². The largest absolute Gasteiger partial charge is 2.00 e. The molecule has 0 aliphatic carbocycles. The van der Waals surface area contributed by atoms with Crippen molar-refractivity contribution < 1.29 is 28.6 Å². The van der Waals surface area contributed by atoms with Gasteiger partial charge in [0.1, 0.15) is 0 Å². The summed E-state index contributed by atoms with van der Waals surface area (Å²) in [7, 11) is 0. The van der Waals surface area contributed by atoms with Crippen LogP contribution in [-0.4, -0.2) is 49.7 Å². The van der Waals surface area contributed by atoms with Crippen molar-refractivity contribution >= 4 is 49.7 Å². The van der Waals surface area contributed by atoms with Crippen LogP contribution in [0.4, 0.5) is 8.78 Å². The average molecular weight is 246 g/mol. The predicted octanol–water partition coefficient (Wildman–Crippen LogP) is -1.16. The molecule has 15 heavy (non-hydrogen) atoms. The summed E-state index contributed by atoms with van der Waals surface area (Å²) in [5.41, 5.74) is 0. The molecule has 0 N–H and O–H groups in total. The fourth-order valence-electron chi connectivity index (χ4n) is 0.282. The van der Waals surface area contributed by atoms with Gasteiger partial charge in [0.05, 0.1) is 12.7 Å². The molecule has 0 amide bonds. The summed E-state index contributed by atoms with van der Waals surface area (Å²) in [5.74, 6) is -2.54. The number of halogens is 2. The molecular weight excluding hydrogens is 238 g/mol. The van der Waals surface area contributed by atoms with E-state index in [-0.39, 0.29) is 63.2 Å². The topological polar surface area (TPSA) is 80.3 Å². The molecule has 0 radical (unpaired) electrons. The number of carboxylic acid groups (broad SMARTS) is 2. The Morgan fingerprint density at radius 2 is 1.20 bits per heavy atom. The Bertz CT molecular complexity index is 205. The summed E-state index contributed by atoms with van der Waals surface area (Å²) >= 11 is 0. The molecule has 0 saturated carbocycles. The third-order valence-electron chi connectivity index (χ3n) is 0.747. The zero-order valence-corrected chi connectivity index (χ0v) is 10.0. The first-order chi connectivity index (χ1) is 6.54. The van der Waals surface area contributed by atoms with Crippen molar-refractivity contribution in [3.63, 3.8) is 0 Å². The molecule has 0 unspecified atom stereocenters. The Balaban J connectivity index is -0.000000180. The van der Waals surface area contributed by atoms with Gasteiger partial charge in [-0.2, -0.15) is 0 Å². The zero-order chi connectivity index (χ0) is 11.4. The standard InChI is InChI=1S/2C4H5FO2.Ca/c2*5-3-1-2-4(6)7;/h2*1,3H,2H2,(H,6,7);/q;;+2/p-2. The zero-order valence-electron chi connectivity index (χ0n) is 7.82. The summed E-state index contributed by atoms with van der Waals surface area (Å²) < 4.78 is 21.8. The molecule has 0 rings (SSSR count). The quantitative estimate of drug-likeness (QED) is 0.586. The van der Waals surface area contributed by atoms with Gasteiger partial charge in [0.2, 0.25) is 0 Å². The SMILES string of the molecule is O=C([O-])CC=CF.O=C([O-])CC=CF.[Ca+2]. The molecular formula is C8H8CaF2O4. The summed E-state index contributed by atoms with van der Waals surface area (Å²) in [6.45, 7) is 0. The normalized spacial score (nSPS) is 9.20. The maximum atomic E-state index is 10.9. The second-order valence-corrected chi connectivity index (χ2v) is 1.88. The van der Waals surface area contributed by atoms with E-state index >= 15 is 0 Å². The van der Waals surface area contributed by atoms with Gasteiger partial charge in [-0.25, -0.2) is 8.78 Å². The van der Waals surface area contributed by atoms with E-state index in [2.05, 4.69) is 0 Å². The summed E-state index contributed by atoms with van der Waals surface area (Å²) in [4.78, 5) is 18.9. The minimum Gasteiger partial charge on any atom is -0.550 e. The van der Waals surface area contributed by atoms with Crippen LogP contribution in [0.3, 0.4) is 0 Å². The molecule has 80 valence electrons. The van der Waals surface area contributed by atoms with Crippen LogP contribution < -0.4 is 10.2 Å². The van der Waals surface area contributed by atoms with E-state index in [1.54, 1.807) is 0 Å². The van der Waals surface area contributed by atoms with Crippen LogP contribution in [0.15, 0.2) is 24.8 Å². The number of rotatable bonds is 4. The van der Waals surface area contributed by atoms with Crippen molar-refractivity contribution in [1.29, 1.82) is 0 Å². The summed E-state index contributed by atoms with van der Waals surface area (Å²) in [5, 5.41) is 18.9. The van der Waals surface area contributed by atoms with Gasteiger partial charge in [0.15, 0.2) is 0 Å². The minimum absolute atomic E-state index is 0. The Labute approximate surface area is 115 Å². The Hall–Kier alpha value is -0.460. The van der Waals surface area contributed by atoms with Crippen molar-refractivity contribution in [2.45, 2.75) is 12.8 Å². The van der Waals surface area contributed by atoms with E-state index in [1.807, 2.05) is 0 Å². The van der Waals surface area contributed by atoms with Crippen molar-refractivity contribution in [2.24, 2.45) is 0 Å². The van der Waals surface area contributed by atoms with Gasteiger partial charge in [0.25, 0.3) is 0 Å². The molecule has 4 nitrogen and oxygen atoms in total. The van der Waals surface area contributed by atoms with E-state index in [0.29, 0.717) is 0 Å². The van der Waals surface area contributed by atoms with Gasteiger partial charge in [0, 0.05) is 24.8 Å². The fourth-order valence-corrected chi connectivity index (χ4v) is 0.282.